The molecule has 0 atom stereocenters. The third-order valence-electron chi connectivity index (χ3n) is 3.24. The Morgan fingerprint density at radius 2 is 1.56 bits per heavy atom. The molecule has 1 rings (SSSR count). The van der Waals surface area contributed by atoms with Crippen molar-refractivity contribution in [2.75, 3.05) is 0 Å². The Kier molecular flexibility index (Phi) is 4.44. The van der Waals surface area contributed by atoms with Gasteiger partial charge >= 0.3 is 7.12 Å². The fraction of sp³-hybridized carbons (Fsp3) is 0.455. The van der Waals surface area contributed by atoms with Crippen molar-refractivity contribution < 1.29 is 10.0 Å². The molecule has 0 spiro atoms. The van der Waals surface area contributed by atoms with Gasteiger partial charge in [-0.2, -0.15) is 12.6 Å². The molecule has 0 fully saturated rings. The van der Waals surface area contributed by atoms with Crippen LogP contribution in [-0.2, 0) is 12.3 Å². The van der Waals surface area contributed by atoms with E-state index in [1.807, 2.05) is 20.8 Å². The maximum atomic E-state index is 9.41. The molecule has 0 unspecified atom stereocenters. The molecule has 88 valence electrons. The predicted molar refractivity (Wildman–Crippen MR) is 71.1 cm³/mol. The molecule has 0 aliphatic carbocycles. The van der Waals surface area contributed by atoms with Crippen LogP contribution in [0.1, 0.15) is 27.8 Å². The topological polar surface area (TPSA) is 66.5 Å². The van der Waals surface area contributed by atoms with E-state index in [-0.39, 0.29) is 0 Å². The van der Waals surface area contributed by atoms with Crippen molar-refractivity contribution in [3.8, 4) is 0 Å². The zero-order valence-electron chi connectivity index (χ0n) is 9.91. The third kappa shape index (κ3) is 2.13. The molecule has 3 nitrogen and oxygen atoms in total. The van der Waals surface area contributed by atoms with Crippen LogP contribution in [0.25, 0.3) is 0 Å². The monoisotopic (exact) mass is 239 g/mol. The van der Waals surface area contributed by atoms with Crippen molar-refractivity contribution in [2.45, 2.75) is 33.1 Å². The molecule has 4 N–H and O–H groups in total. The highest BCUT2D eigenvalue weighted by atomic mass is 32.1. The second-order valence-electron chi connectivity index (χ2n) is 3.98. The van der Waals surface area contributed by atoms with E-state index >= 15 is 0 Å². The smallest absolute Gasteiger partial charge is 0.423 e. The largest absolute Gasteiger partial charge is 0.488 e. The van der Waals surface area contributed by atoms with E-state index in [1.165, 1.54) is 0 Å². The number of hydrogen-bond donors (Lipinski definition) is 4. The molecule has 0 amide bonds. The molecule has 1 aromatic rings. The first kappa shape index (κ1) is 13.6. The predicted octanol–water partition coefficient (Wildman–Crippen LogP) is 0.180. The van der Waals surface area contributed by atoms with Crippen LogP contribution < -0.4 is 11.2 Å². The van der Waals surface area contributed by atoms with Crippen LogP contribution in [0.5, 0.6) is 0 Å². The van der Waals surface area contributed by atoms with Crippen LogP contribution in [-0.4, -0.2) is 17.2 Å². The Hall–Kier alpha value is -0.485. The molecule has 0 aliphatic heterocycles. The van der Waals surface area contributed by atoms with E-state index in [0.717, 1.165) is 27.8 Å². The van der Waals surface area contributed by atoms with E-state index < -0.39 is 7.12 Å². The minimum Gasteiger partial charge on any atom is -0.423 e. The van der Waals surface area contributed by atoms with Gasteiger partial charge in [0.25, 0.3) is 0 Å². The van der Waals surface area contributed by atoms with Crippen LogP contribution in [0.15, 0.2) is 0 Å². The summed E-state index contributed by atoms with van der Waals surface area (Å²) in [4.78, 5) is 0. The Balaban J connectivity index is 3.63. The third-order valence-corrected chi connectivity index (χ3v) is 3.56. The molecule has 0 saturated heterocycles. The van der Waals surface area contributed by atoms with Crippen molar-refractivity contribution in [1.29, 1.82) is 0 Å². The SMILES string of the molecule is Cc1c(CN)c(C)c(B(O)O)c(C)c1CS. The normalized spacial score (nSPS) is 10.7. The summed E-state index contributed by atoms with van der Waals surface area (Å²) in [6.45, 7) is 6.17. The van der Waals surface area contributed by atoms with Crippen LogP contribution in [0.4, 0.5) is 0 Å². The summed E-state index contributed by atoms with van der Waals surface area (Å²) in [6.07, 6.45) is 0. The van der Waals surface area contributed by atoms with E-state index in [1.54, 1.807) is 0 Å². The molecule has 0 aromatic heterocycles. The molecule has 0 heterocycles. The van der Waals surface area contributed by atoms with Crippen LogP contribution in [0, 0.1) is 20.8 Å². The zero-order chi connectivity index (χ0) is 12.5. The number of thiol groups is 1. The van der Waals surface area contributed by atoms with Crippen molar-refractivity contribution in [3.63, 3.8) is 0 Å². The van der Waals surface area contributed by atoms with Gasteiger partial charge in [0.15, 0.2) is 0 Å². The summed E-state index contributed by atoms with van der Waals surface area (Å²) in [6, 6.07) is 0. The second kappa shape index (κ2) is 5.23. The lowest BCUT2D eigenvalue weighted by molar-refractivity contribution is 0.425. The summed E-state index contributed by atoms with van der Waals surface area (Å²) in [5, 5.41) is 18.8. The Morgan fingerprint density at radius 1 is 1.06 bits per heavy atom. The van der Waals surface area contributed by atoms with Gasteiger partial charge in [0.1, 0.15) is 0 Å². The van der Waals surface area contributed by atoms with Crippen molar-refractivity contribution in [3.05, 3.63) is 27.8 Å². The van der Waals surface area contributed by atoms with Crippen LogP contribution in [0.3, 0.4) is 0 Å². The number of nitrogens with two attached hydrogens (primary N) is 1. The molecular weight excluding hydrogens is 221 g/mol. The molecule has 0 aliphatic rings. The summed E-state index contributed by atoms with van der Waals surface area (Å²) >= 11 is 4.28. The summed E-state index contributed by atoms with van der Waals surface area (Å²) in [5.74, 6) is 0.574. The van der Waals surface area contributed by atoms with E-state index in [2.05, 4.69) is 12.6 Å². The van der Waals surface area contributed by atoms with Crippen molar-refractivity contribution in [2.24, 2.45) is 5.73 Å². The molecular formula is C11H18BNO2S. The summed E-state index contributed by atoms with van der Waals surface area (Å²) < 4.78 is 0. The standard InChI is InChI=1S/C11H18BNO2S/c1-6-9(4-13)7(2)11(12(14)15)8(3)10(6)5-16/h14-16H,4-5,13H2,1-3H3. The number of benzene rings is 1. The molecule has 1 aromatic carbocycles. The van der Waals surface area contributed by atoms with Gasteiger partial charge in [-0.1, -0.05) is 0 Å². The van der Waals surface area contributed by atoms with Gasteiger partial charge in [0, 0.05) is 12.3 Å². The van der Waals surface area contributed by atoms with Crippen LogP contribution >= 0.6 is 12.6 Å². The van der Waals surface area contributed by atoms with Crippen molar-refractivity contribution >= 4 is 25.2 Å². The van der Waals surface area contributed by atoms with Crippen molar-refractivity contribution in [1.82, 2.24) is 0 Å². The van der Waals surface area contributed by atoms with E-state index in [9.17, 15) is 10.0 Å². The highest BCUT2D eigenvalue weighted by molar-refractivity contribution is 7.79. The van der Waals surface area contributed by atoms with Crippen LogP contribution in [0.2, 0.25) is 0 Å². The number of rotatable bonds is 3. The van der Waals surface area contributed by atoms with E-state index in [4.69, 9.17) is 5.73 Å². The van der Waals surface area contributed by atoms with Gasteiger partial charge in [0.2, 0.25) is 0 Å². The summed E-state index contributed by atoms with van der Waals surface area (Å²) in [5.41, 5.74) is 11.2. The molecule has 0 saturated carbocycles. The molecule has 0 bridgehead atoms. The van der Waals surface area contributed by atoms with Gasteiger partial charge < -0.3 is 15.8 Å². The lowest BCUT2D eigenvalue weighted by atomic mass is 9.71. The Labute approximate surface area is 102 Å². The second-order valence-corrected chi connectivity index (χ2v) is 4.30. The zero-order valence-corrected chi connectivity index (χ0v) is 10.8. The maximum Gasteiger partial charge on any atom is 0.488 e. The quantitative estimate of drug-likeness (QED) is 0.449. The van der Waals surface area contributed by atoms with E-state index in [0.29, 0.717) is 17.8 Å². The Morgan fingerprint density at radius 3 is 1.94 bits per heavy atom. The maximum absolute atomic E-state index is 9.41. The highest BCUT2D eigenvalue weighted by Gasteiger charge is 2.22. The average Bonchev–Trinajstić information content (AvgIpc) is 2.18. The minimum atomic E-state index is -1.45. The summed E-state index contributed by atoms with van der Waals surface area (Å²) in [7, 11) is -1.45. The fourth-order valence-corrected chi connectivity index (χ4v) is 2.76. The van der Waals surface area contributed by atoms with Gasteiger partial charge in [-0.05, 0) is 54.1 Å². The molecule has 16 heavy (non-hydrogen) atoms. The first-order valence-corrected chi connectivity index (χ1v) is 5.87. The number of hydrogen-bond acceptors (Lipinski definition) is 4. The lowest BCUT2D eigenvalue weighted by Gasteiger charge is -2.20. The van der Waals surface area contributed by atoms with Gasteiger partial charge in [-0.3, -0.25) is 0 Å². The lowest BCUT2D eigenvalue weighted by Crippen LogP contribution is -2.37. The van der Waals surface area contributed by atoms with Gasteiger partial charge in [-0.25, -0.2) is 0 Å². The highest BCUT2D eigenvalue weighted by Crippen LogP contribution is 2.22. The fourth-order valence-electron chi connectivity index (χ4n) is 2.28. The minimum absolute atomic E-state index is 0.401. The first-order chi connectivity index (χ1) is 7.45. The van der Waals surface area contributed by atoms with Gasteiger partial charge in [0.05, 0.1) is 0 Å². The molecule has 0 radical (unpaired) electrons. The first-order valence-electron chi connectivity index (χ1n) is 5.24. The Bertz CT molecular complexity index is 376. The van der Waals surface area contributed by atoms with Gasteiger partial charge in [-0.15, -0.1) is 0 Å². The molecule has 5 heteroatoms. The average molecular weight is 239 g/mol.